The van der Waals surface area contributed by atoms with E-state index in [4.69, 9.17) is 11.6 Å². The van der Waals surface area contributed by atoms with Crippen molar-refractivity contribution in [2.75, 3.05) is 44.6 Å². The number of nitrogens with zero attached hydrogens (tertiary/aromatic N) is 4. The number of carbonyl (C=O) groups is 1. The van der Waals surface area contributed by atoms with Gasteiger partial charge in [-0.05, 0) is 12.8 Å². The van der Waals surface area contributed by atoms with Crippen molar-refractivity contribution in [3.63, 3.8) is 0 Å². The Bertz CT molecular complexity index is 527. The number of halogens is 1. The molecule has 2 fully saturated rings. The third kappa shape index (κ3) is 4.54. The Kier molecular flexibility index (Phi) is 5.67. The van der Waals surface area contributed by atoms with Gasteiger partial charge in [-0.15, -0.1) is 0 Å². The molecule has 1 aromatic rings. The zero-order chi connectivity index (χ0) is 16.1. The summed E-state index contributed by atoms with van der Waals surface area (Å²) in [7, 11) is 0. The lowest BCUT2D eigenvalue weighted by molar-refractivity contribution is -0.137. The number of rotatable bonds is 5. The zero-order valence-corrected chi connectivity index (χ0v) is 14.1. The van der Waals surface area contributed by atoms with Crippen molar-refractivity contribution < 1.29 is 4.79 Å². The van der Waals surface area contributed by atoms with E-state index in [0.29, 0.717) is 22.8 Å². The summed E-state index contributed by atoms with van der Waals surface area (Å²) in [5.41, 5.74) is 0. The third-order valence-corrected chi connectivity index (χ3v) is 4.91. The molecule has 0 bridgehead atoms. The summed E-state index contributed by atoms with van der Waals surface area (Å²) in [6.45, 7) is 5.33. The first-order valence-corrected chi connectivity index (χ1v) is 8.83. The van der Waals surface area contributed by atoms with Crippen molar-refractivity contribution in [2.24, 2.45) is 5.92 Å². The molecule has 1 aliphatic carbocycles. The monoisotopic (exact) mass is 337 g/mol. The predicted molar refractivity (Wildman–Crippen MR) is 90.5 cm³/mol. The van der Waals surface area contributed by atoms with E-state index in [9.17, 15) is 4.79 Å². The van der Waals surface area contributed by atoms with Crippen LogP contribution in [0.2, 0.25) is 5.15 Å². The average Bonchev–Trinajstić information content (AvgIpc) is 3.09. The molecule has 2 aliphatic rings. The first kappa shape index (κ1) is 16.5. The highest BCUT2D eigenvalue weighted by molar-refractivity contribution is 6.29. The van der Waals surface area contributed by atoms with Crippen LogP contribution in [0.25, 0.3) is 0 Å². The molecule has 6 nitrogen and oxygen atoms in total. The number of carbonyl (C=O) groups excluding carboxylic acids is 1. The van der Waals surface area contributed by atoms with Crippen LogP contribution in [0.4, 0.5) is 5.82 Å². The molecule has 1 saturated heterocycles. The summed E-state index contributed by atoms with van der Waals surface area (Å²) >= 11 is 5.81. The van der Waals surface area contributed by atoms with Gasteiger partial charge in [0.1, 0.15) is 11.0 Å². The van der Waals surface area contributed by atoms with Gasteiger partial charge in [0.15, 0.2) is 0 Å². The molecule has 7 heteroatoms. The fourth-order valence-corrected chi connectivity index (χ4v) is 3.54. The van der Waals surface area contributed by atoms with Gasteiger partial charge in [-0.3, -0.25) is 14.7 Å². The number of hydrogen-bond acceptors (Lipinski definition) is 5. The Morgan fingerprint density at radius 1 is 1.22 bits per heavy atom. The molecule has 0 radical (unpaired) electrons. The first-order chi connectivity index (χ1) is 11.2. The summed E-state index contributed by atoms with van der Waals surface area (Å²) in [5.74, 6) is 1.38. The molecule has 3 rings (SSSR count). The van der Waals surface area contributed by atoms with Crippen molar-refractivity contribution in [1.82, 2.24) is 19.8 Å². The van der Waals surface area contributed by atoms with E-state index in [-0.39, 0.29) is 0 Å². The van der Waals surface area contributed by atoms with Gasteiger partial charge >= 0.3 is 0 Å². The van der Waals surface area contributed by atoms with Crippen LogP contribution in [-0.4, -0.2) is 64.9 Å². The molecule has 0 unspecified atom stereocenters. The minimum absolute atomic E-state index is 0.296. The number of hydrogen-bond donors (Lipinski definition) is 1. The summed E-state index contributed by atoms with van der Waals surface area (Å²) in [6, 6.07) is 0. The van der Waals surface area contributed by atoms with Crippen LogP contribution in [0.15, 0.2) is 12.4 Å². The molecule has 0 atom stereocenters. The van der Waals surface area contributed by atoms with E-state index in [0.717, 1.165) is 52.1 Å². The van der Waals surface area contributed by atoms with Crippen LogP contribution in [0, 0.1) is 5.92 Å². The molecule has 1 saturated carbocycles. The fraction of sp³-hybridized carbons (Fsp3) is 0.688. The number of anilines is 1. The highest BCUT2D eigenvalue weighted by atomic mass is 35.5. The second-order valence-corrected chi connectivity index (χ2v) is 6.69. The molecule has 1 aromatic heterocycles. The quantitative estimate of drug-likeness (QED) is 0.889. The van der Waals surface area contributed by atoms with Crippen LogP contribution >= 0.6 is 11.6 Å². The van der Waals surface area contributed by atoms with Gasteiger partial charge in [0.05, 0.1) is 12.4 Å². The van der Waals surface area contributed by atoms with Crippen molar-refractivity contribution in [3.8, 4) is 0 Å². The fourth-order valence-electron chi connectivity index (χ4n) is 3.39. The van der Waals surface area contributed by atoms with E-state index in [1.807, 2.05) is 0 Å². The Balaban J connectivity index is 1.36. The van der Waals surface area contributed by atoms with E-state index in [1.165, 1.54) is 19.0 Å². The molecular weight excluding hydrogens is 314 g/mol. The molecule has 1 amide bonds. The highest BCUT2D eigenvalue weighted by Crippen LogP contribution is 2.26. The zero-order valence-electron chi connectivity index (χ0n) is 13.4. The van der Waals surface area contributed by atoms with E-state index >= 15 is 0 Å². The number of amides is 1. The Morgan fingerprint density at radius 3 is 2.65 bits per heavy atom. The molecule has 0 spiro atoms. The topological polar surface area (TPSA) is 61.4 Å². The maximum Gasteiger partial charge on any atom is 0.225 e. The summed E-state index contributed by atoms with van der Waals surface area (Å²) in [5, 5.41) is 3.63. The van der Waals surface area contributed by atoms with Gasteiger partial charge in [-0.1, -0.05) is 24.4 Å². The van der Waals surface area contributed by atoms with Crippen molar-refractivity contribution in [1.29, 1.82) is 0 Å². The van der Waals surface area contributed by atoms with Gasteiger partial charge in [0, 0.05) is 45.2 Å². The van der Waals surface area contributed by atoms with Gasteiger partial charge in [0.2, 0.25) is 5.91 Å². The molecular formula is C16H24ClN5O. The van der Waals surface area contributed by atoms with Crippen LogP contribution in [0.5, 0.6) is 0 Å². The summed E-state index contributed by atoms with van der Waals surface area (Å²) in [6.07, 6.45) is 7.80. The number of piperazine rings is 1. The number of nitrogens with one attached hydrogen (secondary N) is 1. The Labute approximate surface area is 142 Å². The lowest BCUT2D eigenvalue weighted by atomic mass is 10.1. The normalized spacial score (nSPS) is 20.0. The Morgan fingerprint density at radius 2 is 1.96 bits per heavy atom. The lowest BCUT2D eigenvalue weighted by Crippen LogP contribution is -2.50. The van der Waals surface area contributed by atoms with Gasteiger partial charge < -0.3 is 10.2 Å². The maximum absolute atomic E-state index is 12.4. The van der Waals surface area contributed by atoms with E-state index < -0.39 is 0 Å². The molecule has 1 N–H and O–H groups in total. The van der Waals surface area contributed by atoms with Gasteiger partial charge in [-0.2, -0.15) is 0 Å². The van der Waals surface area contributed by atoms with Crippen LogP contribution in [-0.2, 0) is 4.79 Å². The van der Waals surface area contributed by atoms with Crippen LogP contribution < -0.4 is 5.32 Å². The molecule has 1 aliphatic heterocycles. The van der Waals surface area contributed by atoms with E-state index in [1.54, 1.807) is 6.20 Å². The minimum atomic E-state index is 0.296. The summed E-state index contributed by atoms with van der Waals surface area (Å²) < 4.78 is 0. The van der Waals surface area contributed by atoms with Crippen molar-refractivity contribution >= 4 is 23.3 Å². The second-order valence-electron chi connectivity index (χ2n) is 6.30. The SMILES string of the molecule is O=C(C1CCCC1)N1CCN(CCNc2cncc(Cl)n2)CC1. The van der Waals surface area contributed by atoms with Crippen LogP contribution in [0.3, 0.4) is 0 Å². The average molecular weight is 338 g/mol. The second kappa shape index (κ2) is 7.93. The van der Waals surface area contributed by atoms with Gasteiger partial charge in [-0.25, -0.2) is 4.98 Å². The van der Waals surface area contributed by atoms with Gasteiger partial charge in [0.25, 0.3) is 0 Å². The maximum atomic E-state index is 12.4. The Hall–Kier alpha value is -1.40. The van der Waals surface area contributed by atoms with E-state index in [2.05, 4.69) is 25.1 Å². The van der Waals surface area contributed by atoms with Crippen molar-refractivity contribution in [2.45, 2.75) is 25.7 Å². The molecule has 23 heavy (non-hydrogen) atoms. The van der Waals surface area contributed by atoms with Crippen molar-refractivity contribution in [3.05, 3.63) is 17.5 Å². The minimum Gasteiger partial charge on any atom is -0.367 e. The molecule has 2 heterocycles. The summed E-state index contributed by atoms with van der Waals surface area (Å²) in [4.78, 5) is 25.0. The molecule has 0 aromatic carbocycles. The highest BCUT2D eigenvalue weighted by Gasteiger charge is 2.29. The molecule has 126 valence electrons. The van der Waals surface area contributed by atoms with Crippen LogP contribution in [0.1, 0.15) is 25.7 Å². The lowest BCUT2D eigenvalue weighted by Gasteiger charge is -2.36. The largest absolute Gasteiger partial charge is 0.367 e. The predicted octanol–water partition coefficient (Wildman–Crippen LogP) is 1.88. The number of aromatic nitrogens is 2. The third-order valence-electron chi connectivity index (χ3n) is 4.73. The first-order valence-electron chi connectivity index (χ1n) is 8.45. The standard InChI is InChI=1S/C16H24ClN5O/c17-14-11-18-12-15(20-14)19-5-6-21-7-9-22(10-8-21)16(23)13-3-1-2-4-13/h11-13H,1-10H2,(H,19,20). The smallest absolute Gasteiger partial charge is 0.225 e.